The third-order valence-corrected chi connectivity index (χ3v) is 19.4. The molecule has 12 rings (SSSR count). The van der Waals surface area contributed by atoms with E-state index in [4.69, 9.17) is 48.4 Å². The lowest BCUT2D eigenvalue weighted by atomic mass is 10.1. The summed E-state index contributed by atoms with van der Waals surface area (Å²) >= 11 is 5.87. The summed E-state index contributed by atoms with van der Waals surface area (Å²) in [6.45, 7) is 17.1. The first-order valence-electron chi connectivity index (χ1n) is 33.8. The number of primary amides is 1. The fraction of sp³-hybridized carbons (Fsp3) is 0.229. The number of pyridine rings is 1. The minimum Gasteiger partial charge on any atom is -0.497 e. The monoisotopic (exact) mass is 1560 g/mol. The number of nitrogens with zero attached hydrogens (tertiary/aromatic N) is 5. The Labute approximate surface area is 658 Å². The lowest BCUT2D eigenvalue weighted by Crippen LogP contribution is -2.31. The van der Waals surface area contributed by atoms with Crippen LogP contribution in [0.25, 0.3) is 41.8 Å². The van der Waals surface area contributed by atoms with E-state index in [2.05, 4.69) is 88.7 Å². The Morgan fingerprint density at radius 2 is 0.682 bits per heavy atom. The number of alkyl carbamates (subject to hydrolysis) is 1. The van der Waals surface area contributed by atoms with Gasteiger partial charge < -0.3 is 74.4 Å². The molecule has 5 heterocycles. The molecule has 0 spiro atoms. The van der Waals surface area contributed by atoms with Crippen molar-refractivity contribution in [3.05, 3.63) is 248 Å². The standard InChI is InChI=1S/C21H23N3O4S.C21H22N2O3S.C20H20N2O3S.C19H19N3O3S.2CH4/c1-13(2)27-17-5-7-18(8-6-17)28-21-23-12-19(29-21)16-9-15(10-22-11-16)14(3)24-20(25)26-4;1-14(23-15(2)24-3)16-5-7-17(8-6-16)20-13-22-21(27-20)26-19-11-9-18(25-4)10-12-19;1-13(22-14(2)23)15-4-6-16(7-5-15)19-12-21-20(26-19)25-18-10-8-17(24-3)9-11-18;1-12(22-18(20)23)13-3-5-14(6-4-13)17-11-21-19(26-17)25-16-9-7-15(24-2)8-10-16;;/h5-14H,1-4H3,(H,24,25);5-14,23H,2H2,1,3-4H3;4-13H,1-3H3,(H,22,23);3-12H,1-2H3,(H3,20,22,23);2*1H4. The second-order valence-electron chi connectivity index (χ2n) is 23.9. The van der Waals surface area contributed by atoms with Crippen LogP contribution in [0.4, 0.5) is 9.59 Å². The number of aromatic nitrogens is 5. The van der Waals surface area contributed by atoms with Crippen LogP contribution in [-0.4, -0.2) is 84.6 Å². The first kappa shape index (κ1) is 85.2. The van der Waals surface area contributed by atoms with E-state index in [1.54, 1.807) is 59.4 Å². The minimum atomic E-state index is -0.538. The normalized spacial score (nSPS) is 11.4. The summed E-state index contributed by atoms with van der Waals surface area (Å²) < 4.78 is 54.0. The van der Waals surface area contributed by atoms with Crippen LogP contribution in [0.1, 0.15) is 110 Å². The summed E-state index contributed by atoms with van der Waals surface area (Å²) in [7, 11) is 7.82. The van der Waals surface area contributed by atoms with Crippen LogP contribution in [0.5, 0.6) is 66.8 Å². The number of nitrogens with one attached hydrogen (secondary N) is 4. The molecule has 0 radical (unpaired) electrons. The van der Waals surface area contributed by atoms with E-state index in [-0.39, 0.29) is 51.0 Å². The average Bonchev–Trinajstić information content (AvgIpc) is 1.67. The Morgan fingerprint density at radius 1 is 0.373 bits per heavy atom. The molecule has 110 heavy (non-hydrogen) atoms. The maximum absolute atomic E-state index is 11.4. The van der Waals surface area contributed by atoms with E-state index in [1.807, 2.05) is 192 Å². The van der Waals surface area contributed by atoms with Gasteiger partial charge in [-0.05, 0) is 190 Å². The third kappa shape index (κ3) is 26.1. The Hall–Kier alpha value is -12.0. The number of rotatable bonds is 27. The zero-order chi connectivity index (χ0) is 77.1. The molecule has 6 N–H and O–H groups in total. The first-order chi connectivity index (χ1) is 52.1. The molecule has 4 atom stereocenters. The second kappa shape index (κ2) is 42.5. The molecule has 0 bridgehead atoms. The smallest absolute Gasteiger partial charge is 0.407 e. The molecule has 0 saturated carbocycles. The van der Waals surface area contributed by atoms with E-state index in [9.17, 15) is 14.4 Å². The lowest BCUT2D eigenvalue weighted by molar-refractivity contribution is -0.119. The summed E-state index contributed by atoms with van der Waals surface area (Å²) in [5.41, 5.74) is 13.3. The van der Waals surface area contributed by atoms with Crippen LogP contribution in [0.15, 0.2) is 226 Å². The Balaban J connectivity index is 0.000000203. The van der Waals surface area contributed by atoms with E-state index in [1.165, 1.54) is 59.4 Å². The van der Waals surface area contributed by atoms with Gasteiger partial charge in [-0.2, -0.15) is 0 Å². The van der Waals surface area contributed by atoms with Crippen molar-refractivity contribution < 1.29 is 61.8 Å². The lowest BCUT2D eigenvalue weighted by Gasteiger charge is -2.16. The number of nitrogens with two attached hydrogens (primary N) is 1. The van der Waals surface area contributed by atoms with Gasteiger partial charge in [-0.15, -0.1) is 0 Å². The van der Waals surface area contributed by atoms with Crippen molar-refractivity contribution >= 4 is 63.4 Å². The average molecular weight is 1570 g/mol. The van der Waals surface area contributed by atoms with Gasteiger partial charge in [0, 0.05) is 49.7 Å². The van der Waals surface area contributed by atoms with Crippen LogP contribution in [-0.2, 0) is 14.3 Å². The number of thiazole rings is 4. The van der Waals surface area contributed by atoms with E-state index >= 15 is 0 Å². The molecule has 23 nitrogen and oxygen atoms in total. The fourth-order valence-electron chi connectivity index (χ4n) is 9.97. The Bertz CT molecular complexity index is 4660. The van der Waals surface area contributed by atoms with Gasteiger partial charge in [-0.25, -0.2) is 29.5 Å². The van der Waals surface area contributed by atoms with Gasteiger partial charge in [-0.1, -0.05) is 133 Å². The molecular weight excluding hydrogens is 1470 g/mol. The topological polar surface area (TPSA) is 282 Å². The van der Waals surface area contributed by atoms with Crippen molar-refractivity contribution in [2.24, 2.45) is 5.73 Å². The molecule has 7 aromatic carbocycles. The highest BCUT2D eigenvalue weighted by molar-refractivity contribution is 7.17. The first-order valence-corrected chi connectivity index (χ1v) is 37.1. The predicted octanol–water partition coefficient (Wildman–Crippen LogP) is 21.0. The van der Waals surface area contributed by atoms with Crippen molar-refractivity contribution in [2.75, 3.05) is 35.5 Å². The second-order valence-corrected chi connectivity index (χ2v) is 27.9. The highest BCUT2D eigenvalue weighted by atomic mass is 32.1. The van der Waals surface area contributed by atoms with Crippen LogP contribution in [0, 0.1) is 0 Å². The Kier molecular flexibility index (Phi) is 32.9. The van der Waals surface area contributed by atoms with Crippen LogP contribution in [0.2, 0.25) is 0 Å². The number of hydrogen-bond donors (Lipinski definition) is 5. The minimum absolute atomic E-state index is 0. The summed E-state index contributed by atoms with van der Waals surface area (Å²) in [6.07, 6.45) is 10.3. The predicted molar refractivity (Wildman–Crippen MR) is 438 cm³/mol. The van der Waals surface area contributed by atoms with Gasteiger partial charge in [-0.3, -0.25) is 9.78 Å². The SMILES string of the molecule is C.C.C=C(NC(C)c1ccc(-c2cnc(Oc3ccc(OC)cc3)s2)cc1)OC.COC(=O)NC(C)c1cncc(-c2cnc(Oc3ccc(OC(C)C)cc3)s2)c1.COc1ccc(Oc2ncc(-c3ccc(C(C)NC(C)=O)cc3)s2)cc1.COc1ccc(Oc2ncc(-c3ccc(C(C)NC(N)=O)cc3)s2)cc1. The molecule has 4 amide bonds. The van der Waals surface area contributed by atoms with Crippen LogP contribution < -0.4 is 64.9 Å². The number of urea groups is 1. The van der Waals surface area contributed by atoms with Gasteiger partial charge in [0.15, 0.2) is 5.88 Å². The Morgan fingerprint density at radius 3 is 0.991 bits per heavy atom. The molecule has 4 unspecified atom stereocenters. The maximum atomic E-state index is 11.4. The van der Waals surface area contributed by atoms with Gasteiger partial charge >= 0.3 is 12.1 Å². The largest absolute Gasteiger partial charge is 0.497 e. The van der Waals surface area contributed by atoms with E-state index in [0.717, 1.165) is 92.8 Å². The fourth-order valence-corrected chi connectivity index (χ4v) is 13.1. The number of amides is 4. The molecule has 0 fully saturated rings. The zero-order valence-corrected chi connectivity index (χ0v) is 64.8. The summed E-state index contributed by atoms with van der Waals surface area (Å²) in [5.74, 6) is 6.49. The summed E-state index contributed by atoms with van der Waals surface area (Å²) in [4.78, 5) is 59.1. The molecule has 12 aromatic rings. The molecule has 0 aliphatic carbocycles. The maximum Gasteiger partial charge on any atom is 0.407 e. The van der Waals surface area contributed by atoms with Crippen LogP contribution >= 0.6 is 45.3 Å². The van der Waals surface area contributed by atoms with E-state index < -0.39 is 12.1 Å². The highest BCUT2D eigenvalue weighted by Crippen LogP contribution is 2.39. The van der Waals surface area contributed by atoms with E-state index in [0.29, 0.717) is 43.9 Å². The molecule has 0 saturated heterocycles. The van der Waals surface area contributed by atoms with Crippen LogP contribution in [0.3, 0.4) is 0 Å². The quantitative estimate of drug-likeness (QED) is 0.0299. The molecular formula is C83H92N10O13S4. The third-order valence-electron chi connectivity index (χ3n) is 15.7. The number of methoxy groups -OCH3 is 5. The molecule has 0 aliphatic rings. The molecule has 0 aliphatic heterocycles. The molecule has 5 aromatic heterocycles. The number of hydrogen-bond acceptors (Lipinski definition) is 23. The van der Waals surface area contributed by atoms with Gasteiger partial charge in [0.2, 0.25) is 5.91 Å². The van der Waals surface area contributed by atoms with Crippen molar-refractivity contribution in [2.45, 2.75) is 93.6 Å². The van der Waals surface area contributed by atoms with Crippen molar-refractivity contribution in [1.29, 1.82) is 0 Å². The summed E-state index contributed by atoms with van der Waals surface area (Å²) in [6, 6.07) is 55.0. The molecule has 27 heteroatoms. The number of benzene rings is 7. The van der Waals surface area contributed by atoms with Crippen molar-refractivity contribution in [3.63, 3.8) is 0 Å². The van der Waals surface area contributed by atoms with Gasteiger partial charge in [0.1, 0.15) is 46.0 Å². The zero-order valence-electron chi connectivity index (χ0n) is 61.6. The van der Waals surface area contributed by atoms with Gasteiger partial charge in [0.25, 0.3) is 20.8 Å². The summed E-state index contributed by atoms with van der Waals surface area (Å²) in [5, 5.41) is 13.7. The number of ether oxygens (including phenoxy) is 10. The van der Waals surface area contributed by atoms with Gasteiger partial charge in [0.05, 0.1) is 85.3 Å². The highest BCUT2D eigenvalue weighted by Gasteiger charge is 2.17. The number of carbonyl (C=O) groups excluding carboxylic acids is 3. The number of carbonyl (C=O) groups is 3. The van der Waals surface area contributed by atoms with Crippen molar-refractivity contribution in [1.82, 2.24) is 46.2 Å². The molecule has 576 valence electrons. The van der Waals surface area contributed by atoms with Crippen molar-refractivity contribution in [3.8, 4) is 109 Å².